The van der Waals surface area contributed by atoms with Gasteiger partial charge in [-0.15, -0.1) is 0 Å². The standard InChI is InChI=1S/C20H25N3O/c1-15-10-19(13-20(21)11-15)18-5-3-4-17(12-18)14-22-6-8-23(9-7-22)16(2)24/h3-5,10-13H,6-9,14,21H2,1-2H3. The van der Waals surface area contributed by atoms with Crippen LogP contribution in [0.1, 0.15) is 18.1 Å². The fraction of sp³-hybridized carbons (Fsp3) is 0.350. The van der Waals surface area contributed by atoms with Crippen molar-refractivity contribution in [2.45, 2.75) is 20.4 Å². The summed E-state index contributed by atoms with van der Waals surface area (Å²) in [5.41, 5.74) is 11.6. The Bertz CT molecular complexity index is 713. The maximum Gasteiger partial charge on any atom is 0.219 e. The number of anilines is 1. The molecule has 0 radical (unpaired) electrons. The zero-order valence-electron chi connectivity index (χ0n) is 14.5. The number of carbonyl (C=O) groups excluding carboxylic acids is 1. The zero-order valence-corrected chi connectivity index (χ0v) is 14.5. The van der Waals surface area contributed by atoms with Gasteiger partial charge in [0.15, 0.2) is 0 Å². The number of nitrogens with zero attached hydrogens (tertiary/aromatic N) is 2. The number of nitrogens with two attached hydrogens (primary N) is 1. The molecule has 0 unspecified atom stereocenters. The van der Waals surface area contributed by atoms with Gasteiger partial charge >= 0.3 is 0 Å². The summed E-state index contributed by atoms with van der Waals surface area (Å²) in [6.07, 6.45) is 0. The highest BCUT2D eigenvalue weighted by molar-refractivity contribution is 5.73. The summed E-state index contributed by atoms with van der Waals surface area (Å²) < 4.78 is 0. The van der Waals surface area contributed by atoms with Gasteiger partial charge in [0.25, 0.3) is 0 Å². The van der Waals surface area contributed by atoms with Gasteiger partial charge in [0.05, 0.1) is 0 Å². The quantitative estimate of drug-likeness (QED) is 0.884. The van der Waals surface area contributed by atoms with E-state index in [4.69, 9.17) is 5.73 Å². The third kappa shape index (κ3) is 3.95. The molecule has 2 aromatic rings. The minimum atomic E-state index is 0.175. The average molecular weight is 323 g/mol. The minimum absolute atomic E-state index is 0.175. The van der Waals surface area contributed by atoms with Crippen LogP contribution >= 0.6 is 0 Å². The molecule has 2 N–H and O–H groups in total. The molecule has 4 nitrogen and oxygen atoms in total. The van der Waals surface area contributed by atoms with Crippen LogP contribution in [0.25, 0.3) is 11.1 Å². The highest BCUT2D eigenvalue weighted by Crippen LogP contribution is 2.25. The van der Waals surface area contributed by atoms with E-state index in [0.29, 0.717) is 0 Å². The number of benzene rings is 2. The van der Waals surface area contributed by atoms with Crippen molar-refractivity contribution in [3.63, 3.8) is 0 Å². The molecule has 1 amide bonds. The molecule has 0 aliphatic carbocycles. The first-order valence-corrected chi connectivity index (χ1v) is 8.45. The molecule has 1 aliphatic heterocycles. The monoisotopic (exact) mass is 323 g/mol. The van der Waals surface area contributed by atoms with Crippen molar-refractivity contribution >= 4 is 11.6 Å². The molecule has 1 fully saturated rings. The maximum absolute atomic E-state index is 11.4. The van der Waals surface area contributed by atoms with Gasteiger partial charge in [-0.3, -0.25) is 9.69 Å². The molecule has 0 bridgehead atoms. The number of aryl methyl sites for hydroxylation is 1. The number of amides is 1. The lowest BCUT2D eigenvalue weighted by molar-refractivity contribution is -0.130. The van der Waals surface area contributed by atoms with Crippen molar-refractivity contribution in [3.8, 4) is 11.1 Å². The van der Waals surface area contributed by atoms with E-state index in [0.717, 1.165) is 44.0 Å². The van der Waals surface area contributed by atoms with E-state index in [-0.39, 0.29) is 5.91 Å². The third-order valence-electron chi connectivity index (χ3n) is 4.58. The normalized spacial score (nSPS) is 15.5. The molecule has 0 saturated carbocycles. The summed E-state index contributed by atoms with van der Waals surface area (Å²) >= 11 is 0. The molecule has 0 atom stereocenters. The largest absolute Gasteiger partial charge is 0.399 e. The summed E-state index contributed by atoms with van der Waals surface area (Å²) in [7, 11) is 0. The number of rotatable bonds is 3. The first-order chi connectivity index (χ1) is 11.5. The van der Waals surface area contributed by atoms with Crippen molar-refractivity contribution in [1.29, 1.82) is 0 Å². The first-order valence-electron chi connectivity index (χ1n) is 8.45. The van der Waals surface area contributed by atoms with E-state index in [2.05, 4.69) is 42.2 Å². The Labute approximate surface area is 143 Å². The van der Waals surface area contributed by atoms with E-state index < -0.39 is 0 Å². The molecule has 0 aromatic heterocycles. The molecule has 1 saturated heterocycles. The second kappa shape index (κ2) is 7.05. The molecule has 4 heteroatoms. The van der Waals surface area contributed by atoms with Crippen molar-refractivity contribution in [2.24, 2.45) is 0 Å². The summed E-state index contributed by atoms with van der Waals surface area (Å²) in [5.74, 6) is 0.175. The SMILES string of the molecule is CC(=O)N1CCN(Cc2cccc(-c3cc(C)cc(N)c3)c2)CC1. The van der Waals surface area contributed by atoms with E-state index in [1.54, 1.807) is 6.92 Å². The van der Waals surface area contributed by atoms with Gasteiger partial charge in [-0.1, -0.05) is 24.3 Å². The predicted molar refractivity (Wildman–Crippen MR) is 98.6 cm³/mol. The number of hydrogen-bond acceptors (Lipinski definition) is 3. The van der Waals surface area contributed by atoms with Gasteiger partial charge in [0, 0.05) is 45.3 Å². The van der Waals surface area contributed by atoms with Crippen LogP contribution in [0.15, 0.2) is 42.5 Å². The third-order valence-corrected chi connectivity index (χ3v) is 4.58. The Morgan fingerprint density at radius 2 is 1.79 bits per heavy atom. The van der Waals surface area contributed by atoms with Crippen LogP contribution in [0.5, 0.6) is 0 Å². The molecule has 24 heavy (non-hydrogen) atoms. The lowest BCUT2D eigenvalue weighted by atomic mass is 10.0. The van der Waals surface area contributed by atoms with E-state index in [9.17, 15) is 4.79 Å². The molecule has 1 heterocycles. The molecular formula is C20H25N3O. The Kier molecular flexibility index (Phi) is 4.86. The Balaban J connectivity index is 1.71. The maximum atomic E-state index is 11.4. The highest BCUT2D eigenvalue weighted by atomic mass is 16.2. The Hall–Kier alpha value is -2.33. The molecule has 1 aliphatic rings. The van der Waals surface area contributed by atoms with Crippen molar-refractivity contribution in [3.05, 3.63) is 53.6 Å². The number of carbonyl (C=O) groups is 1. The lowest BCUT2D eigenvalue weighted by Gasteiger charge is -2.34. The van der Waals surface area contributed by atoms with Crippen LogP contribution in [-0.4, -0.2) is 41.9 Å². The van der Waals surface area contributed by atoms with Gasteiger partial charge in [0.1, 0.15) is 0 Å². The number of piperazine rings is 1. The van der Waals surface area contributed by atoms with Gasteiger partial charge < -0.3 is 10.6 Å². The van der Waals surface area contributed by atoms with Gasteiger partial charge in [-0.2, -0.15) is 0 Å². The number of hydrogen-bond donors (Lipinski definition) is 1. The van der Waals surface area contributed by atoms with Gasteiger partial charge in [0.2, 0.25) is 5.91 Å². The molecule has 126 valence electrons. The van der Waals surface area contributed by atoms with E-state index in [1.807, 2.05) is 17.0 Å². The van der Waals surface area contributed by atoms with Crippen LogP contribution in [-0.2, 0) is 11.3 Å². The molecule has 2 aromatic carbocycles. The van der Waals surface area contributed by atoms with Crippen molar-refractivity contribution in [1.82, 2.24) is 9.80 Å². The van der Waals surface area contributed by atoms with E-state index in [1.165, 1.54) is 16.7 Å². The van der Waals surface area contributed by atoms with Crippen LogP contribution in [0, 0.1) is 6.92 Å². The summed E-state index contributed by atoms with van der Waals surface area (Å²) in [5, 5.41) is 0. The second-order valence-electron chi connectivity index (χ2n) is 6.61. The topological polar surface area (TPSA) is 49.6 Å². The van der Waals surface area contributed by atoms with Crippen LogP contribution in [0.4, 0.5) is 5.69 Å². The summed E-state index contributed by atoms with van der Waals surface area (Å²) in [6.45, 7) is 8.14. The predicted octanol–water partition coefficient (Wildman–Crippen LogP) is 2.91. The molecule has 0 spiro atoms. The van der Waals surface area contributed by atoms with Crippen molar-refractivity contribution < 1.29 is 4.79 Å². The molecule has 3 rings (SSSR count). The zero-order chi connectivity index (χ0) is 17.1. The summed E-state index contributed by atoms with van der Waals surface area (Å²) in [6, 6.07) is 14.8. The van der Waals surface area contributed by atoms with E-state index >= 15 is 0 Å². The minimum Gasteiger partial charge on any atom is -0.399 e. The Morgan fingerprint density at radius 1 is 1.04 bits per heavy atom. The van der Waals surface area contributed by atoms with Crippen LogP contribution < -0.4 is 5.73 Å². The Morgan fingerprint density at radius 3 is 2.46 bits per heavy atom. The van der Waals surface area contributed by atoms with Crippen molar-refractivity contribution in [2.75, 3.05) is 31.9 Å². The molecular weight excluding hydrogens is 298 g/mol. The van der Waals surface area contributed by atoms with Crippen LogP contribution in [0.3, 0.4) is 0 Å². The summed E-state index contributed by atoms with van der Waals surface area (Å²) in [4.78, 5) is 15.7. The highest BCUT2D eigenvalue weighted by Gasteiger charge is 2.18. The fourth-order valence-corrected chi connectivity index (χ4v) is 3.31. The smallest absolute Gasteiger partial charge is 0.219 e. The van der Waals surface area contributed by atoms with Gasteiger partial charge in [-0.25, -0.2) is 0 Å². The van der Waals surface area contributed by atoms with Gasteiger partial charge in [-0.05, 0) is 47.4 Å². The average Bonchev–Trinajstić information content (AvgIpc) is 2.55. The van der Waals surface area contributed by atoms with Crippen LogP contribution in [0.2, 0.25) is 0 Å². The second-order valence-corrected chi connectivity index (χ2v) is 6.61. The number of nitrogen functional groups attached to an aromatic ring is 1. The fourth-order valence-electron chi connectivity index (χ4n) is 3.31. The first kappa shape index (κ1) is 16.5. The lowest BCUT2D eigenvalue weighted by Crippen LogP contribution is -2.47.